The van der Waals surface area contributed by atoms with Crippen LogP contribution in [-0.2, 0) is 21.4 Å². The quantitative estimate of drug-likeness (QED) is 0.795. The molecule has 1 atom stereocenters. The summed E-state index contributed by atoms with van der Waals surface area (Å²) in [4.78, 5) is 12.0. The molecule has 1 aromatic heterocycles. The van der Waals surface area contributed by atoms with Crippen LogP contribution >= 0.6 is 0 Å². The highest BCUT2D eigenvalue weighted by Gasteiger charge is 2.34. The number of carbonyl (C=O) groups is 1. The third kappa shape index (κ3) is 4.59. The van der Waals surface area contributed by atoms with Crippen LogP contribution in [0.25, 0.3) is 0 Å². The van der Waals surface area contributed by atoms with Crippen LogP contribution < -0.4 is 5.32 Å². The molecule has 3 heterocycles. The van der Waals surface area contributed by atoms with Gasteiger partial charge in [-0.15, -0.1) is 0 Å². The molecule has 9 heteroatoms. The van der Waals surface area contributed by atoms with Crippen molar-refractivity contribution < 1.29 is 17.7 Å². The van der Waals surface area contributed by atoms with Crippen LogP contribution in [0.5, 0.6) is 0 Å². The average Bonchev–Trinajstić information content (AvgIpc) is 3.25. The Kier molecular flexibility index (Phi) is 5.75. The van der Waals surface area contributed by atoms with Crippen LogP contribution in [0.4, 0.5) is 0 Å². The summed E-state index contributed by atoms with van der Waals surface area (Å²) in [6.45, 7) is 4.58. The van der Waals surface area contributed by atoms with Crippen molar-refractivity contribution in [3.05, 3.63) is 17.5 Å². The van der Waals surface area contributed by atoms with Gasteiger partial charge in [0, 0.05) is 38.8 Å². The molecular weight excluding hydrogens is 344 g/mol. The van der Waals surface area contributed by atoms with E-state index in [0.29, 0.717) is 38.5 Å². The van der Waals surface area contributed by atoms with Crippen molar-refractivity contribution in [2.45, 2.75) is 39.0 Å². The van der Waals surface area contributed by atoms with Gasteiger partial charge in [-0.1, -0.05) is 5.16 Å². The molecule has 2 fully saturated rings. The second-order valence-corrected chi connectivity index (χ2v) is 8.82. The molecule has 0 spiro atoms. The molecule has 0 aliphatic carbocycles. The molecule has 2 aliphatic heterocycles. The molecule has 1 amide bonds. The van der Waals surface area contributed by atoms with E-state index in [1.54, 1.807) is 14.7 Å². The number of carbonyl (C=O) groups excluding carboxylic acids is 1. The zero-order valence-corrected chi connectivity index (χ0v) is 15.4. The summed E-state index contributed by atoms with van der Waals surface area (Å²) in [5.74, 6) is 0.555. The molecule has 25 heavy (non-hydrogen) atoms. The van der Waals surface area contributed by atoms with Gasteiger partial charge >= 0.3 is 0 Å². The second-order valence-electron chi connectivity index (χ2n) is 6.90. The lowest BCUT2D eigenvalue weighted by molar-refractivity contribution is -0.120. The summed E-state index contributed by atoms with van der Waals surface area (Å²) in [5, 5.41) is 6.65. The highest BCUT2D eigenvalue weighted by atomic mass is 32.2. The zero-order chi connectivity index (χ0) is 17.9. The highest BCUT2D eigenvalue weighted by Crippen LogP contribution is 2.23. The number of aromatic nitrogens is 1. The van der Waals surface area contributed by atoms with Crippen molar-refractivity contribution in [1.29, 1.82) is 0 Å². The lowest BCUT2D eigenvalue weighted by Crippen LogP contribution is -2.48. The highest BCUT2D eigenvalue weighted by molar-refractivity contribution is 7.86. The van der Waals surface area contributed by atoms with E-state index in [0.717, 1.165) is 31.4 Å². The fraction of sp³-hybridized carbons (Fsp3) is 0.750. The van der Waals surface area contributed by atoms with Crippen molar-refractivity contribution in [2.75, 3.05) is 32.7 Å². The van der Waals surface area contributed by atoms with Crippen molar-refractivity contribution in [1.82, 2.24) is 19.1 Å². The van der Waals surface area contributed by atoms with E-state index in [1.165, 1.54) is 0 Å². The number of nitrogens with one attached hydrogen (secondary N) is 1. The van der Waals surface area contributed by atoms with Gasteiger partial charge in [-0.25, -0.2) is 0 Å². The van der Waals surface area contributed by atoms with Crippen molar-refractivity contribution in [3.63, 3.8) is 0 Å². The Labute approximate surface area is 148 Å². The minimum Gasteiger partial charge on any atom is -0.361 e. The molecule has 2 saturated heterocycles. The van der Waals surface area contributed by atoms with E-state index in [1.807, 2.05) is 6.92 Å². The van der Waals surface area contributed by atoms with Gasteiger partial charge in [-0.05, 0) is 38.5 Å². The van der Waals surface area contributed by atoms with E-state index < -0.39 is 10.2 Å². The standard InChI is InChI=1S/C16H26N4O4S/c1-13-9-15(24-18-13)10-16(21)17-11-14-5-4-8-20(12-14)25(22,23)19-6-2-3-7-19/h9,14H,2-8,10-12H2,1H3,(H,17,21). The minimum atomic E-state index is -3.35. The summed E-state index contributed by atoms with van der Waals surface area (Å²) >= 11 is 0. The number of hydrogen-bond acceptors (Lipinski definition) is 5. The van der Waals surface area contributed by atoms with Gasteiger partial charge in [0.1, 0.15) is 5.76 Å². The van der Waals surface area contributed by atoms with Crippen molar-refractivity contribution in [3.8, 4) is 0 Å². The Hall–Kier alpha value is -1.45. The SMILES string of the molecule is Cc1cc(CC(=O)NCC2CCCN(S(=O)(=O)N3CCCC3)C2)on1. The lowest BCUT2D eigenvalue weighted by Gasteiger charge is -2.34. The van der Waals surface area contributed by atoms with E-state index in [2.05, 4.69) is 10.5 Å². The van der Waals surface area contributed by atoms with Gasteiger partial charge in [0.2, 0.25) is 5.91 Å². The van der Waals surface area contributed by atoms with E-state index in [-0.39, 0.29) is 18.2 Å². The van der Waals surface area contributed by atoms with Gasteiger partial charge < -0.3 is 9.84 Å². The topological polar surface area (TPSA) is 95.8 Å². The number of piperidine rings is 1. The Morgan fingerprint density at radius 3 is 2.68 bits per heavy atom. The largest absolute Gasteiger partial charge is 0.361 e. The van der Waals surface area contributed by atoms with Crippen LogP contribution in [-0.4, -0.2) is 60.8 Å². The Bertz CT molecular complexity index is 697. The number of hydrogen-bond donors (Lipinski definition) is 1. The summed E-state index contributed by atoms with van der Waals surface area (Å²) in [6.07, 6.45) is 3.79. The maximum atomic E-state index is 12.7. The van der Waals surface area contributed by atoms with E-state index >= 15 is 0 Å². The third-order valence-corrected chi connectivity index (χ3v) is 6.80. The molecule has 0 saturated carbocycles. The molecule has 1 N–H and O–H groups in total. The molecular formula is C16H26N4O4S. The molecule has 0 aromatic carbocycles. The molecule has 0 radical (unpaired) electrons. The second kappa shape index (κ2) is 7.84. The maximum Gasteiger partial charge on any atom is 0.281 e. The maximum absolute atomic E-state index is 12.7. The molecule has 2 aliphatic rings. The Morgan fingerprint density at radius 2 is 2.00 bits per heavy atom. The number of amides is 1. The first-order valence-electron chi connectivity index (χ1n) is 8.89. The number of nitrogens with zero attached hydrogens (tertiary/aromatic N) is 3. The minimum absolute atomic E-state index is 0.129. The molecule has 0 bridgehead atoms. The zero-order valence-electron chi connectivity index (χ0n) is 14.6. The van der Waals surface area contributed by atoms with Crippen molar-refractivity contribution >= 4 is 16.1 Å². The van der Waals surface area contributed by atoms with Crippen LogP contribution in [0.1, 0.15) is 37.1 Å². The van der Waals surface area contributed by atoms with Crippen LogP contribution in [0.3, 0.4) is 0 Å². The van der Waals surface area contributed by atoms with E-state index in [4.69, 9.17) is 4.52 Å². The Morgan fingerprint density at radius 1 is 1.28 bits per heavy atom. The number of aryl methyl sites for hydroxylation is 1. The first kappa shape index (κ1) is 18.3. The number of rotatable bonds is 6. The third-order valence-electron chi connectivity index (χ3n) is 4.80. The van der Waals surface area contributed by atoms with Gasteiger partial charge in [0.05, 0.1) is 12.1 Å². The molecule has 3 rings (SSSR count). The van der Waals surface area contributed by atoms with Crippen LogP contribution in [0.15, 0.2) is 10.6 Å². The molecule has 1 unspecified atom stereocenters. The fourth-order valence-electron chi connectivity index (χ4n) is 3.46. The normalized spacial score (nSPS) is 23.0. The monoisotopic (exact) mass is 370 g/mol. The molecule has 1 aromatic rings. The lowest BCUT2D eigenvalue weighted by atomic mass is 10.00. The first-order valence-corrected chi connectivity index (χ1v) is 10.3. The summed E-state index contributed by atoms with van der Waals surface area (Å²) in [6, 6.07) is 1.74. The Balaban J connectivity index is 1.49. The molecule has 140 valence electrons. The smallest absolute Gasteiger partial charge is 0.281 e. The molecule has 8 nitrogen and oxygen atoms in total. The van der Waals surface area contributed by atoms with Crippen molar-refractivity contribution in [2.24, 2.45) is 5.92 Å². The summed E-state index contributed by atoms with van der Waals surface area (Å²) < 4.78 is 33.5. The van der Waals surface area contributed by atoms with Gasteiger partial charge in [-0.3, -0.25) is 4.79 Å². The predicted molar refractivity (Wildman–Crippen MR) is 92.0 cm³/mol. The summed E-state index contributed by atoms with van der Waals surface area (Å²) in [7, 11) is -3.35. The summed E-state index contributed by atoms with van der Waals surface area (Å²) in [5.41, 5.74) is 0.748. The van der Waals surface area contributed by atoms with Gasteiger partial charge in [-0.2, -0.15) is 17.0 Å². The predicted octanol–water partition coefficient (Wildman–Crippen LogP) is 0.694. The first-order chi connectivity index (χ1) is 11.9. The van der Waals surface area contributed by atoms with Gasteiger partial charge in [0.25, 0.3) is 10.2 Å². The van der Waals surface area contributed by atoms with Gasteiger partial charge in [0.15, 0.2) is 0 Å². The van der Waals surface area contributed by atoms with Crippen LogP contribution in [0.2, 0.25) is 0 Å². The van der Waals surface area contributed by atoms with Crippen LogP contribution in [0, 0.1) is 12.8 Å². The fourth-order valence-corrected chi connectivity index (χ4v) is 5.27. The van der Waals surface area contributed by atoms with E-state index in [9.17, 15) is 13.2 Å². The average molecular weight is 370 g/mol.